The molecule has 1 aliphatic rings. The van der Waals surface area contributed by atoms with Gasteiger partial charge in [0.15, 0.2) is 0 Å². The topological polar surface area (TPSA) is 59.8 Å². The molecular weight excluding hydrogens is 399 g/mol. The fourth-order valence-electron chi connectivity index (χ4n) is 2.97. The van der Waals surface area contributed by atoms with Crippen molar-refractivity contribution in [1.82, 2.24) is 20.1 Å². The number of halogens is 2. The summed E-state index contributed by atoms with van der Waals surface area (Å²) < 4.78 is 15.6. The second-order valence-corrected chi connectivity index (χ2v) is 7.33. The summed E-state index contributed by atoms with van der Waals surface area (Å²) in [6.45, 7) is 1.76. The summed E-state index contributed by atoms with van der Waals surface area (Å²) in [6, 6.07) is 13.8. The third-order valence-electron chi connectivity index (χ3n) is 4.54. The average Bonchev–Trinajstić information content (AvgIpc) is 3.30. The first-order valence-electron chi connectivity index (χ1n) is 8.25. The smallest absolute Gasteiger partial charge is 0.291 e. The molecule has 0 saturated heterocycles. The number of amides is 1. The number of hydrogen-bond acceptors (Lipinski definition) is 3. The van der Waals surface area contributed by atoms with Crippen LogP contribution < -0.4 is 5.32 Å². The van der Waals surface area contributed by atoms with Gasteiger partial charge in [-0.3, -0.25) is 4.79 Å². The maximum Gasteiger partial charge on any atom is 0.291 e. The summed E-state index contributed by atoms with van der Waals surface area (Å²) in [6.07, 6.45) is 1.77. The van der Waals surface area contributed by atoms with E-state index in [1.54, 1.807) is 19.1 Å². The summed E-state index contributed by atoms with van der Waals surface area (Å²) in [5.41, 5.74) is 1.39. The molecule has 132 valence electrons. The fourth-order valence-corrected chi connectivity index (χ4v) is 3.23. The Morgan fingerprint density at radius 3 is 2.42 bits per heavy atom. The van der Waals surface area contributed by atoms with Crippen molar-refractivity contribution >= 4 is 21.8 Å². The molecule has 1 aromatic heterocycles. The van der Waals surface area contributed by atoms with Crippen molar-refractivity contribution in [3.63, 3.8) is 0 Å². The van der Waals surface area contributed by atoms with Gasteiger partial charge in [0.1, 0.15) is 11.6 Å². The molecule has 1 fully saturated rings. The van der Waals surface area contributed by atoms with Gasteiger partial charge in [0.05, 0.1) is 11.2 Å². The van der Waals surface area contributed by atoms with Crippen LogP contribution in [-0.4, -0.2) is 20.7 Å². The molecule has 1 saturated carbocycles. The number of rotatable bonds is 4. The second-order valence-electron chi connectivity index (χ2n) is 6.41. The lowest BCUT2D eigenvalue weighted by atomic mass is 10.1. The highest BCUT2D eigenvalue weighted by Crippen LogP contribution is 2.45. The van der Waals surface area contributed by atoms with Gasteiger partial charge in [0.2, 0.25) is 5.82 Å². The van der Waals surface area contributed by atoms with Crippen molar-refractivity contribution in [1.29, 1.82) is 0 Å². The van der Waals surface area contributed by atoms with E-state index in [0.29, 0.717) is 11.5 Å². The van der Waals surface area contributed by atoms with Crippen molar-refractivity contribution in [2.24, 2.45) is 0 Å². The van der Waals surface area contributed by atoms with Crippen molar-refractivity contribution in [3.05, 3.63) is 76.0 Å². The highest BCUT2D eigenvalue weighted by atomic mass is 79.9. The Labute approximate surface area is 158 Å². The maximum absolute atomic E-state index is 13.1. The molecule has 0 atom stereocenters. The van der Waals surface area contributed by atoms with Crippen LogP contribution >= 0.6 is 15.9 Å². The van der Waals surface area contributed by atoms with Crippen molar-refractivity contribution in [3.8, 4) is 5.69 Å². The van der Waals surface area contributed by atoms with E-state index in [0.717, 1.165) is 22.9 Å². The summed E-state index contributed by atoms with van der Waals surface area (Å²) >= 11 is 3.42. The number of aromatic nitrogens is 3. The number of aryl methyl sites for hydroxylation is 1. The van der Waals surface area contributed by atoms with Crippen LogP contribution in [0, 0.1) is 12.7 Å². The van der Waals surface area contributed by atoms with E-state index >= 15 is 0 Å². The second kappa shape index (κ2) is 6.32. The summed E-state index contributed by atoms with van der Waals surface area (Å²) in [5.74, 6) is 0.0366. The van der Waals surface area contributed by atoms with E-state index in [4.69, 9.17) is 0 Å². The Kier molecular flexibility index (Phi) is 4.11. The largest absolute Gasteiger partial charge is 0.340 e. The molecule has 7 heteroatoms. The normalized spacial score (nSPS) is 14.9. The van der Waals surface area contributed by atoms with E-state index in [-0.39, 0.29) is 23.1 Å². The van der Waals surface area contributed by atoms with Crippen LogP contribution in [0.3, 0.4) is 0 Å². The zero-order chi connectivity index (χ0) is 18.3. The molecule has 0 spiro atoms. The van der Waals surface area contributed by atoms with E-state index in [2.05, 4.69) is 31.3 Å². The van der Waals surface area contributed by atoms with E-state index in [1.165, 1.54) is 16.8 Å². The predicted molar refractivity (Wildman–Crippen MR) is 98.6 cm³/mol. The van der Waals surface area contributed by atoms with Crippen LogP contribution in [0.5, 0.6) is 0 Å². The Morgan fingerprint density at radius 2 is 1.81 bits per heavy atom. The molecule has 1 N–H and O–H groups in total. The lowest BCUT2D eigenvalue weighted by Gasteiger charge is -2.17. The van der Waals surface area contributed by atoms with Crippen molar-refractivity contribution in [2.45, 2.75) is 25.3 Å². The number of nitrogens with one attached hydrogen (secondary N) is 1. The first-order valence-corrected chi connectivity index (χ1v) is 9.04. The molecule has 0 aliphatic heterocycles. The molecular formula is C19H16BrFN4O. The number of benzene rings is 2. The third kappa shape index (κ3) is 3.14. The highest BCUT2D eigenvalue weighted by Gasteiger charge is 2.46. The summed E-state index contributed by atoms with van der Waals surface area (Å²) in [4.78, 5) is 16.9. The van der Waals surface area contributed by atoms with E-state index in [9.17, 15) is 9.18 Å². The van der Waals surface area contributed by atoms with Gasteiger partial charge in [0, 0.05) is 4.47 Å². The number of nitrogens with zero attached hydrogens (tertiary/aromatic N) is 3. The quantitative estimate of drug-likeness (QED) is 0.704. The molecule has 5 nitrogen and oxygen atoms in total. The van der Waals surface area contributed by atoms with E-state index < -0.39 is 0 Å². The molecule has 0 radical (unpaired) electrons. The lowest BCUT2D eigenvalue weighted by molar-refractivity contribution is 0.0920. The van der Waals surface area contributed by atoms with E-state index in [1.807, 2.05) is 24.3 Å². The summed E-state index contributed by atoms with van der Waals surface area (Å²) in [7, 11) is 0. The minimum absolute atomic E-state index is 0.107. The lowest BCUT2D eigenvalue weighted by Crippen LogP contribution is -2.35. The van der Waals surface area contributed by atoms with Crippen LogP contribution in [0.15, 0.2) is 53.0 Å². The molecule has 2 aromatic carbocycles. The maximum atomic E-state index is 13.1. The molecule has 3 aromatic rings. The van der Waals surface area contributed by atoms with Gasteiger partial charge in [-0.1, -0.05) is 28.1 Å². The zero-order valence-corrected chi connectivity index (χ0v) is 15.6. The predicted octanol–water partition coefficient (Wildman–Crippen LogP) is 3.90. The minimum atomic E-state index is -0.340. The Balaban J connectivity index is 1.57. The van der Waals surface area contributed by atoms with Crippen LogP contribution in [0.2, 0.25) is 0 Å². The van der Waals surface area contributed by atoms with Gasteiger partial charge in [-0.05, 0) is 61.7 Å². The number of carbonyl (C=O) groups excluding carboxylic acids is 1. The minimum Gasteiger partial charge on any atom is -0.340 e. The molecule has 0 bridgehead atoms. The number of carbonyl (C=O) groups is 1. The zero-order valence-electron chi connectivity index (χ0n) is 14.0. The number of hydrogen-bond donors (Lipinski definition) is 1. The molecule has 1 heterocycles. The van der Waals surface area contributed by atoms with Gasteiger partial charge in [-0.2, -0.15) is 0 Å². The standard InChI is InChI=1S/C19H16BrFN4O/c1-12-22-17(24-25(12)16-8-6-15(21)7-9-16)18(26)23-19(10-11-19)13-2-4-14(20)5-3-13/h2-9H,10-11H2,1H3,(H,23,26). The molecule has 26 heavy (non-hydrogen) atoms. The molecule has 1 aliphatic carbocycles. The highest BCUT2D eigenvalue weighted by molar-refractivity contribution is 9.10. The van der Waals surface area contributed by atoms with Gasteiger partial charge < -0.3 is 5.32 Å². The molecule has 1 amide bonds. The first-order chi connectivity index (χ1) is 12.5. The Hall–Kier alpha value is -2.54. The van der Waals surface area contributed by atoms with Crippen LogP contribution in [0.1, 0.15) is 34.8 Å². The van der Waals surface area contributed by atoms with Crippen molar-refractivity contribution in [2.75, 3.05) is 0 Å². The first kappa shape index (κ1) is 16.9. The SMILES string of the molecule is Cc1nc(C(=O)NC2(c3ccc(Br)cc3)CC2)nn1-c1ccc(F)cc1. The van der Waals surface area contributed by atoms with Crippen LogP contribution in [0.25, 0.3) is 5.69 Å². The fraction of sp³-hybridized carbons (Fsp3) is 0.211. The van der Waals surface area contributed by atoms with Crippen LogP contribution in [-0.2, 0) is 5.54 Å². The monoisotopic (exact) mass is 414 g/mol. The van der Waals surface area contributed by atoms with Gasteiger partial charge in [-0.25, -0.2) is 14.1 Å². The molecule has 4 rings (SSSR count). The molecule has 0 unspecified atom stereocenters. The van der Waals surface area contributed by atoms with Crippen molar-refractivity contribution < 1.29 is 9.18 Å². The van der Waals surface area contributed by atoms with Gasteiger partial charge in [0.25, 0.3) is 5.91 Å². The Morgan fingerprint density at radius 1 is 1.15 bits per heavy atom. The van der Waals surface area contributed by atoms with Gasteiger partial charge in [-0.15, -0.1) is 5.10 Å². The Bertz CT molecular complexity index is 962. The van der Waals surface area contributed by atoms with Crippen LogP contribution in [0.4, 0.5) is 4.39 Å². The average molecular weight is 415 g/mol. The summed E-state index contributed by atoms with van der Waals surface area (Å²) in [5, 5.41) is 7.36. The van der Waals surface area contributed by atoms with Gasteiger partial charge >= 0.3 is 0 Å². The third-order valence-corrected chi connectivity index (χ3v) is 5.07.